The number of hydrogen-bond donors (Lipinski definition) is 2. The van der Waals surface area contributed by atoms with E-state index in [2.05, 4.69) is 39.7 Å². The molecule has 1 aliphatic carbocycles. The largest absolute Gasteiger partial charge is 0.444 e. The quantitative estimate of drug-likeness (QED) is 0.410. The number of guanidine groups is 1. The molecule has 6 heteroatoms. The Hall–Kier alpha value is -2.34. The monoisotopic (exact) mass is 356 g/mol. The van der Waals surface area contributed by atoms with Crippen LogP contribution < -0.4 is 10.6 Å². The van der Waals surface area contributed by atoms with Crippen LogP contribution in [0.4, 0.5) is 0 Å². The minimum atomic E-state index is 0.466. The first-order valence-electron chi connectivity index (χ1n) is 9.36. The fraction of sp³-hybridized carbons (Fsp3) is 0.500. The Morgan fingerprint density at radius 2 is 2.08 bits per heavy atom. The van der Waals surface area contributed by atoms with E-state index in [-0.39, 0.29) is 0 Å². The molecule has 0 saturated heterocycles. The van der Waals surface area contributed by atoms with Gasteiger partial charge >= 0.3 is 0 Å². The first-order valence-corrected chi connectivity index (χ1v) is 9.36. The van der Waals surface area contributed by atoms with Gasteiger partial charge in [-0.25, -0.2) is 9.98 Å². The Kier molecular flexibility index (Phi) is 6.66. The Bertz CT molecular complexity index is 705. The molecule has 2 N–H and O–H groups in total. The molecule has 1 aliphatic rings. The number of aromatic nitrogens is 1. The van der Waals surface area contributed by atoms with Crippen molar-refractivity contribution in [1.82, 2.24) is 15.6 Å². The second-order valence-electron chi connectivity index (χ2n) is 6.65. The summed E-state index contributed by atoms with van der Waals surface area (Å²) in [6, 6.07) is 8.13. The molecule has 26 heavy (non-hydrogen) atoms. The van der Waals surface area contributed by atoms with Crippen LogP contribution in [-0.2, 0) is 11.3 Å². The van der Waals surface area contributed by atoms with E-state index in [4.69, 9.17) is 9.15 Å². The first-order chi connectivity index (χ1) is 12.7. The summed E-state index contributed by atoms with van der Waals surface area (Å²) in [6.07, 6.45) is 4.31. The van der Waals surface area contributed by atoms with Crippen LogP contribution in [0.1, 0.15) is 31.0 Å². The molecular weight excluding hydrogens is 328 g/mol. The normalized spacial score (nSPS) is 14.5. The topological polar surface area (TPSA) is 71.7 Å². The van der Waals surface area contributed by atoms with Crippen molar-refractivity contribution in [1.29, 1.82) is 0 Å². The lowest BCUT2D eigenvalue weighted by atomic mass is 10.1. The number of oxazole rings is 1. The van der Waals surface area contributed by atoms with Gasteiger partial charge in [0.05, 0.1) is 13.2 Å². The van der Waals surface area contributed by atoms with Crippen molar-refractivity contribution < 1.29 is 9.15 Å². The maximum Gasteiger partial charge on any atom is 0.226 e. The molecule has 3 rings (SSSR count). The third-order valence-corrected chi connectivity index (χ3v) is 4.18. The number of ether oxygens (including phenoxy) is 1. The molecule has 1 saturated carbocycles. The van der Waals surface area contributed by atoms with Crippen LogP contribution in [0, 0.1) is 12.8 Å². The van der Waals surface area contributed by atoms with E-state index < -0.39 is 0 Å². The molecule has 0 aliphatic heterocycles. The van der Waals surface area contributed by atoms with Gasteiger partial charge in [-0.05, 0) is 44.7 Å². The van der Waals surface area contributed by atoms with Gasteiger partial charge in [0.25, 0.3) is 0 Å². The summed E-state index contributed by atoms with van der Waals surface area (Å²) in [5, 5.41) is 6.52. The number of nitrogens with zero attached hydrogens (tertiary/aromatic N) is 2. The molecule has 1 fully saturated rings. The molecule has 0 radical (unpaired) electrons. The van der Waals surface area contributed by atoms with Crippen LogP contribution in [-0.4, -0.2) is 37.2 Å². The van der Waals surface area contributed by atoms with E-state index in [0.29, 0.717) is 19.0 Å². The summed E-state index contributed by atoms with van der Waals surface area (Å²) in [5.41, 5.74) is 3.00. The van der Waals surface area contributed by atoms with E-state index in [1.54, 1.807) is 6.26 Å². The molecule has 0 amide bonds. The maximum absolute atomic E-state index is 5.64. The van der Waals surface area contributed by atoms with Crippen molar-refractivity contribution >= 4 is 5.96 Å². The van der Waals surface area contributed by atoms with Crippen LogP contribution in [0.15, 0.2) is 39.9 Å². The smallest absolute Gasteiger partial charge is 0.226 e. The summed E-state index contributed by atoms with van der Waals surface area (Å²) in [5.74, 6) is 2.19. The van der Waals surface area contributed by atoms with Gasteiger partial charge in [-0.15, -0.1) is 0 Å². The molecule has 6 nitrogen and oxygen atoms in total. The first kappa shape index (κ1) is 18.5. The van der Waals surface area contributed by atoms with Gasteiger partial charge in [-0.2, -0.15) is 0 Å². The second-order valence-corrected chi connectivity index (χ2v) is 6.65. The third kappa shape index (κ3) is 5.88. The fourth-order valence-corrected chi connectivity index (χ4v) is 2.49. The van der Waals surface area contributed by atoms with Gasteiger partial charge in [0.2, 0.25) is 5.89 Å². The number of nitrogens with one attached hydrogen (secondary N) is 2. The molecule has 140 valence electrons. The predicted molar refractivity (Wildman–Crippen MR) is 103 cm³/mol. The second kappa shape index (κ2) is 9.38. The zero-order chi connectivity index (χ0) is 18.2. The third-order valence-electron chi connectivity index (χ3n) is 4.18. The highest BCUT2D eigenvalue weighted by Gasteiger charge is 2.20. The number of hydrogen-bond acceptors (Lipinski definition) is 4. The van der Waals surface area contributed by atoms with Crippen molar-refractivity contribution in [3.8, 4) is 11.5 Å². The lowest BCUT2D eigenvalue weighted by Gasteiger charge is -2.11. The van der Waals surface area contributed by atoms with Gasteiger partial charge in [-0.1, -0.05) is 17.7 Å². The molecule has 0 spiro atoms. The van der Waals surface area contributed by atoms with Crippen LogP contribution in [0.25, 0.3) is 11.5 Å². The van der Waals surface area contributed by atoms with Crippen molar-refractivity contribution in [3.63, 3.8) is 0 Å². The molecular formula is C20H28N4O2. The highest BCUT2D eigenvalue weighted by Crippen LogP contribution is 2.28. The van der Waals surface area contributed by atoms with Gasteiger partial charge < -0.3 is 19.8 Å². The SMILES string of the molecule is CCNC(=NCc1coc(-c2ccc(C)cc2)n1)NCCOCC1CC1. The summed E-state index contributed by atoms with van der Waals surface area (Å²) < 4.78 is 11.2. The van der Waals surface area contributed by atoms with Crippen LogP contribution in [0.2, 0.25) is 0 Å². The molecule has 1 aromatic heterocycles. The number of benzene rings is 1. The highest BCUT2D eigenvalue weighted by atomic mass is 16.5. The van der Waals surface area contributed by atoms with Crippen LogP contribution in [0.3, 0.4) is 0 Å². The van der Waals surface area contributed by atoms with E-state index in [9.17, 15) is 0 Å². The molecule has 1 aromatic carbocycles. The minimum absolute atomic E-state index is 0.466. The summed E-state index contributed by atoms with van der Waals surface area (Å²) in [7, 11) is 0. The van der Waals surface area contributed by atoms with Crippen LogP contribution in [0.5, 0.6) is 0 Å². The highest BCUT2D eigenvalue weighted by molar-refractivity contribution is 5.79. The van der Waals surface area contributed by atoms with Gasteiger partial charge in [-0.3, -0.25) is 0 Å². The zero-order valence-electron chi connectivity index (χ0n) is 15.6. The summed E-state index contributed by atoms with van der Waals surface area (Å²) >= 11 is 0. The van der Waals surface area contributed by atoms with E-state index in [1.165, 1.54) is 18.4 Å². The van der Waals surface area contributed by atoms with Crippen molar-refractivity contribution in [2.45, 2.75) is 33.2 Å². The van der Waals surface area contributed by atoms with E-state index >= 15 is 0 Å². The standard InChI is InChI=1S/C20H28N4O2/c1-3-21-20(22-10-11-25-13-16-6-7-16)23-12-18-14-26-19(24-18)17-8-4-15(2)5-9-17/h4-5,8-9,14,16H,3,6-7,10-13H2,1-2H3,(H2,21,22,23). The van der Waals surface area contributed by atoms with Crippen molar-refractivity contribution in [2.24, 2.45) is 10.9 Å². The molecule has 2 aromatic rings. The number of aryl methyl sites for hydroxylation is 1. The Morgan fingerprint density at radius 3 is 2.81 bits per heavy atom. The average molecular weight is 356 g/mol. The lowest BCUT2D eigenvalue weighted by Crippen LogP contribution is -2.39. The zero-order valence-corrected chi connectivity index (χ0v) is 15.6. The lowest BCUT2D eigenvalue weighted by molar-refractivity contribution is 0.129. The average Bonchev–Trinajstić information content (AvgIpc) is 3.35. The van der Waals surface area contributed by atoms with Gasteiger partial charge in [0.1, 0.15) is 12.0 Å². The van der Waals surface area contributed by atoms with Gasteiger partial charge in [0, 0.05) is 25.3 Å². The summed E-state index contributed by atoms with van der Waals surface area (Å²) in [6.45, 7) is 7.71. The predicted octanol–water partition coefficient (Wildman–Crippen LogP) is 3.13. The maximum atomic E-state index is 5.64. The molecule has 0 unspecified atom stereocenters. The van der Waals surface area contributed by atoms with Gasteiger partial charge in [0.15, 0.2) is 5.96 Å². The Labute approximate surface area is 155 Å². The van der Waals surface area contributed by atoms with Crippen molar-refractivity contribution in [3.05, 3.63) is 41.8 Å². The minimum Gasteiger partial charge on any atom is -0.444 e. The van der Waals surface area contributed by atoms with E-state index in [0.717, 1.165) is 42.8 Å². The summed E-state index contributed by atoms with van der Waals surface area (Å²) in [4.78, 5) is 9.09. The molecule has 0 bridgehead atoms. The van der Waals surface area contributed by atoms with E-state index in [1.807, 2.05) is 19.1 Å². The fourth-order valence-electron chi connectivity index (χ4n) is 2.49. The number of rotatable bonds is 9. The molecule has 0 atom stereocenters. The molecule has 1 heterocycles. The Balaban J connectivity index is 1.49. The number of aliphatic imine (C=N–C) groups is 1. The van der Waals surface area contributed by atoms with Crippen molar-refractivity contribution in [2.75, 3.05) is 26.3 Å². The Morgan fingerprint density at radius 1 is 1.27 bits per heavy atom. The van der Waals surface area contributed by atoms with Crippen LogP contribution >= 0.6 is 0 Å².